The molecule has 90 heavy (non-hydrogen) atoms. The first kappa shape index (κ1) is 87.8. The van der Waals surface area contributed by atoms with Crippen LogP contribution in [0.2, 0.25) is 0 Å². The largest absolute Gasteiger partial charge is 0.466 e. The molecule has 530 valence electrons. The Bertz CT molecular complexity index is 1500. The van der Waals surface area contributed by atoms with Crippen LogP contribution in [0.15, 0.2) is 48.6 Å². The summed E-state index contributed by atoms with van der Waals surface area (Å²) in [6, 6.07) is -0.542. The number of carbonyl (C=O) groups is 2. The van der Waals surface area contributed by atoms with Crippen LogP contribution in [0, 0.1) is 0 Å². The molecule has 0 saturated heterocycles. The Balaban J connectivity index is 3.38. The van der Waals surface area contributed by atoms with Crippen molar-refractivity contribution in [1.82, 2.24) is 5.32 Å². The first-order valence-electron chi connectivity index (χ1n) is 40.9. The molecular weight excluding hydrogens is 1100 g/mol. The maximum atomic E-state index is 12.6. The van der Waals surface area contributed by atoms with E-state index in [2.05, 4.69) is 67.8 Å². The van der Waals surface area contributed by atoms with Crippen molar-refractivity contribution in [3.63, 3.8) is 0 Å². The van der Waals surface area contributed by atoms with Crippen molar-refractivity contribution >= 4 is 11.9 Å². The van der Waals surface area contributed by atoms with Gasteiger partial charge < -0.3 is 20.3 Å². The van der Waals surface area contributed by atoms with Gasteiger partial charge in [-0.1, -0.05) is 396 Å². The SMILES string of the molecule is CCCCCC/C=C\C/C=C\CCCCCCCCCC(=O)OCCCCCCCCCCC/C=C\C/C=C\CCCCCCCCCCCCCCCCCCCC(=O)NC(CO)C(O)CCCCCCCCCCCCCCCCCCCCCCCC. The summed E-state index contributed by atoms with van der Waals surface area (Å²) in [5, 5.41) is 23.5. The molecule has 0 fully saturated rings. The third-order valence-electron chi connectivity index (χ3n) is 19.1. The average molecular weight is 1260 g/mol. The van der Waals surface area contributed by atoms with E-state index in [-0.39, 0.29) is 18.5 Å². The number of aliphatic hydroxyl groups is 2. The van der Waals surface area contributed by atoms with E-state index in [1.165, 1.54) is 360 Å². The van der Waals surface area contributed by atoms with Gasteiger partial charge in [-0.3, -0.25) is 9.59 Å². The topological polar surface area (TPSA) is 95.9 Å². The highest BCUT2D eigenvalue weighted by Gasteiger charge is 2.20. The summed E-state index contributed by atoms with van der Waals surface area (Å²) >= 11 is 0. The second kappa shape index (κ2) is 79.3. The number of allylic oxidation sites excluding steroid dienone is 8. The Hall–Kier alpha value is -2.18. The molecule has 2 atom stereocenters. The fourth-order valence-electron chi connectivity index (χ4n) is 12.9. The molecular formula is C84H159NO5. The van der Waals surface area contributed by atoms with E-state index in [0.29, 0.717) is 25.9 Å². The van der Waals surface area contributed by atoms with Crippen LogP contribution in [0.1, 0.15) is 450 Å². The second-order valence-corrected chi connectivity index (χ2v) is 28.1. The van der Waals surface area contributed by atoms with Gasteiger partial charge in [-0.2, -0.15) is 0 Å². The second-order valence-electron chi connectivity index (χ2n) is 28.1. The van der Waals surface area contributed by atoms with Crippen LogP contribution in [0.5, 0.6) is 0 Å². The van der Waals surface area contributed by atoms with Gasteiger partial charge in [0.25, 0.3) is 0 Å². The van der Waals surface area contributed by atoms with Gasteiger partial charge in [-0.15, -0.1) is 0 Å². The van der Waals surface area contributed by atoms with Crippen LogP contribution in [0.3, 0.4) is 0 Å². The zero-order valence-corrected chi connectivity index (χ0v) is 60.9. The van der Waals surface area contributed by atoms with Gasteiger partial charge in [0.05, 0.1) is 25.4 Å². The number of aliphatic hydroxyl groups excluding tert-OH is 2. The zero-order chi connectivity index (χ0) is 64.9. The van der Waals surface area contributed by atoms with E-state index in [1.807, 2.05) is 0 Å². The average Bonchev–Trinajstić information content (AvgIpc) is 3.59. The van der Waals surface area contributed by atoms with Crippen molar-refractivity contribution in [2.75, 3.05) is 13.2 Å². The first-order valence-corrected chi connectivity index (χ1v) is 40.9. The van der Waals surface area contributed by atoms with Gasteiger partial charge in [0.1, 0.15) is 0 Å². The molecule has 3 N–H and O–H groups in total. The van der Waals surface area contributed by atoms with Crippen LogP contribution < -0.4 is 5.32 Å². The van der Waals surface area contributed by atoms with Gasteiger partial charge in [0, 0.05) is 12.8 Å². The van der Waals surface area contributed by atoms with Crippen LogP contribution >= 0.6 is 0 Å². The molecule has 0 saturated carbocycles. The molecule has 0 bridgehead atoms. The minimum atomic E-state index is -0.665. The summed E-state index contributed by atoms with van der Waals surface area (Å²) in [7, 11) is 0. The number of esters is 1. The molecule has 0 rings (SSSR count). The van der Waals surface area contributed by atoms with Gasteiger partial charge in [0.2, 0.25) is 5.91 Å². The maximum Gasteiger partial charge on any atom is 0.305 e. The minimum Gasteiger partial charge on any atom is -0.466 e. The molecule has 0 aliphatic carbocycles. The summed E-state index contributed by atoms with van der Waals surface area (Å²) < 4.78 is 5.50. The van der Waals surface area contributed by atoms with Crippen molar-refractivity contribution < 1.29 is 24.5 Å². The molecule has 0 aromatic heterocycles. The molecule has 0 radical (unpaired) electrons. The number of amides is 1. The molecule has 0 aromatic rings. The normalized spacial score (nSPS) is 12.7. The van der Waals surface area contributed by atoms with Crippen molar-refractivity contribution in [1.29, 1.82) is 0 Å². The third-order valence-corrected chi connectivity index (χ3v) is 19.1. The number of rotatable bonds is 77. The molecule has 6 heteroatoms. The van der Waals surface area contributed by atoms with Crippen molar-refractivity contribution in [3.05, 3.63) is 48.6 Å². The number of carbonyl (C=O) groups excluding carboxylic acids is 2. The third kappa shape index (κ3) is 74.9. The molecule has 2 unspecified atom stereocenters. The zero-order valence-electron chi connectivity index (χ0n) is 60.9. The molecule has 1 amide bonds. The lowest BCUT2D eigenvalue weighted by atomic mass is 10.0. The Morgan fingerprint density at radius 1 is 0.311 bits per heavy atom. The highest BCUT2D eigenvalue weighted by atomic mass is 16.5. The van der Waals surface area contributed by atoms with Gasteiger partial charge in [0.15, 0.2) is 0 Å². The predicted octanol–water partition coefficient (Wildman–Crippen LogP) is 27.2. The molecule has 6 nitrogen and oxygen atoms in total. The van der Waals surface area contributed by atoms with Gasteiger partial charge in [-0.05, 0) is 89.9 Å². The van der Waals surface area contributed by atoms with Crippen molar-refractivity contribution in [3.8, 4) is 0 Å². The summed E-state index contributed by atoms with van der Waals surface area (Å²) in [4.78, 5) is 24.7. The van der Waals surface area contributed by atoms with E-state index < -0.39 is 12.1 Å². The highest BCUT2D eigenvalue weighted by molar-refractivity contribution is 5.76. The first-order chi connectivity index (χ1) is 44.5. The maximum absolute atomic E-state index is 12.6. The quantitative estimate of drug-likeness (QED) is 0.0320. The molecule has 0 aromatic carbocycles. The predicted molar refractivity (Wildman–Crippen MR) is 398 cm³/mol. The summed E-state index contributed by atoms with van der Waals surface area (Å²) in [5.74, 6) is -0.0208. The van der Waals surface area contributed by atoms with Crippen LogP contribution in [-0.4, -0.2) is 47.4 Å². The van der Waals surface area contributed by atoms with Crippen LogP contribution in [0.4, 0.5) is 0 Å². The molecule has 0 aliphatic heterocycles. The van der Waals surface area contributed by atoms with Crippen LogP contribution in [0.25, 0.3) is 0 Å². The van der Waals surface area contributed by atoms with E-state index in [9.17, 15) is 19.8 Å². The Kier molecular flexibility index (Phi) is 77.3. The standard InChI is InChI=1S/C84H159NO5/c1-3-5-7-9-11-13-15-17-19-21-23-24-38-41-44-48-52-56-60-64-68-72-76-82(87)81(80-86)85-83(88)77-73-69-65-61-57-53-49-45-42-39-36-34-32-30-28-26-25-27-29-31-33-35-37-40-43-47-51-55-59-63-67-71-75-79-90-84(89)78-74-70-66-62-58-54-50-46-22-20-18-16-14-12-10-8-6-4-2/h14,16,20,22,29,31,35,37,81-82,86-87H,3-13,15,17-19,21,23-28,30,32-34,36,38-80H2,1-2H3,(H,85,88)/b16-14-,22-20-,31-29-,37-35-. The lowest BCUT2D eigenvalue weighted by Crippen LogP contribution is -2.45. The summed E-state index contributed by atoms with van der Waals surface area (Å²) in [5.41, 5.74) is 0. The summed E-state index contributed by atoms with van der Waals surface area (Å²) in [6.45, 7) is 4.98. The number of hydrogen-bond donors (Lipinski definition) is 3. The Morgan fingerprint density at radius 3 is 0.856 bits per heavy atom. The number of hydrogen-bond acceptors (Lipinski definition) is 5. The lowest BCUT2D eigenvalue weighted by molar-refractivity contribution is -0.143. The molecule has 0 aliphatic rings. The van der Waals surface area contributed by atoms with E-state index in [4.69, 9.17) is 4.74 Å². The van der Waals surface area contributed by atoms with Crippen molar-refractivity contribution in [2.45, 2.75) is 463 Å². The smallest absolute Gasteiger partial charge is 0.305 e. The van der Waals surface area contributed by atoms with E-state index in [1.54, 1.807) is 0 Å². The van der Waals surface area contributed by atoms with Crippen LogP contribution in [-0.2, 0) is 14.3 Å². The summed E-state index contributed by atoms with van der Waals surface area (Å²) in [6.07, 6.45) is 105. The fourth-order valence-corrected chi connectivity index (χ4v) is 12.9. The highest BCUT2D eigenvalue weighted by Crippen LogP contribution is 2.20. The molecule has 0 spiro atoms. The Morgan fingerprint density at radius 2 is 0.556 bits per heavy atom. The van der Waals surface area contributed by atoms with Gasteiger partial charge in [-0.25, -0.2) is 0 Å². The number of unbranched alkanes of at least 4 members (excludes halogenated alkanes) is 58. The monoisotopic (exact) mass is 1260 g/mol. The van der Waals surface area contributed by atoms with E-state index in [0.717, 1.165) is 57.8 Å². The fraction of sp³-hybridized carbons (Fsp3) is 0.881. The number of ether oxygens (including phenoxy) is 1. The lowest BCUT2D eigenvalue weighted by Gasteiger charge is -2.22. The number of nitrogens with one attached hydrogen (secondary N) is 1. The Labute approximate surface area is 563 Å². The molecule has 0 heterocycles. The van der Waals surface area contributed by atoms with Crippen molar-refractivity contribution in [2.24, 2.45) is 0 Å². The van der Waals surface area contributed by atoms with Gasteiger partial charge >= 0.3 is 5.97 Å². The minimum absolute atomic E-state index is 0.00745. The van der Waals surface area contributed by atoms with E-state index >= 15 is 0 Å².